The lowest BCUT2D eigenvalue weighted by atomic mass is 10.1. The van der Waals surface area contributed by atoms with Gasteiger partial charge in [-0.1, -0.05) is 57.5 Å². The van der Waals surface area contributed by atoms with Crippen LogP contribution in [0.25, 0.3) is 0 Å². The molecule has 0 atom stereocenters. The molecule has 2 aromatic carbocycles. The van der Waals surface area contributed by atoms with Crippen LogP contribution in [-0.2, 0) is 11.2 Å². The molecule has 0 aromatic heterocycles. The second-order valence-electron chi connectivity index (χ2n) is 6.96. The molecule has 27 heavy (non-hydrogen) atoms. The molecule has 2 rings (SSSR count). The van der Waals surface area contributed by atoms with E-state index in [1.807, 2.05) is 18.2 Å². The van der Waals surface area contributed by atoms with Gasteiger partial charge in [-0.15, -0.1) is 0 Å². The molecule has 0 unspecified atom stereocenters. The number of ether oxygens (including phenoxy) is 2. The van der Waals surface area contributed by atoms with Gasteiger partial charge in [0.25, 0.3) is 0 Å². The minimum atomic E-state index is -0.548. The lowest BCUT2D eigenvalue weighted by Gasteiger charge is -2.12. The standard InChI is InChI=1S/C23H28O4/c1-4-10-18-12-5-8-15-21(18)27-23(25)20-14-7-6-13-19(20)22(24)26-16-9-11-17(2)3/h5-8,12-15,17H,4,9-11,16H2,1-3H3. The molecule has 0 saturated heterocycles. The molecule has 0 amide bonds. The largest absolute Gasteiger partial charge is 0.462 e. The summed E-state index contributed by atoms with van der Waals surface area (Å²) in [4.78, 5) is 25.1. The average molecular weight is 368 g/mol. The molecule has 0 fully saturated rings. The van der Waals surface area contributed by atoms with Crippen LogP contribution in [0, 0.1) is 5.92 Å². The molecule has 0 spiro atoms. The van der Waals surface area contributed by atoms with Crippen molar-refractivity contribution < 1.29 is 19.1 Å². The van der Waals surface area contributed by atoms with Gasteiger partial charge in [0.15, 0.2) is 0 Å². The third-order valence-corrected chi connectivity index (χ3v) is 4.22. The summed E-state index contributed by atoms with van der Waals surface area (Å²) in [5, 5.41) is 0. The van der Waals surface area contributed by atoms with Crippen LogP contribution < -0.4 is 4.74 Å². The lowest BCUT2D eigenvalue weighted by molar-refractivity contribution is 0.0486. The monoisotopic (exact) mass is 368 g/mol. The van der Waals surface area contributed by atoms with Crippen LogP contribution in [0.1, 0.15) is 66.3 Å². The van der Waals surface area contributed by atoms with Crippen molar-refractivity contribution in [1.82, 2.24) is 0 Å². The van der Waals surface area contributed by atoms with Crippen molar-refractivity contribution in [1.29, 1.82) is 0 Å². The molecular weight excluding hydrogens is 340 g/mol. The van der Waals surface area contributed by atoms with Crippen LogP contribution in [0.3, 0.4) is 0 Å². The maximum atomic E-state index is 12.7. The Labute approximate surface area is 161 Å². The SMILES string of the molecule is CCCc1ccccc1OC(=O)c1ccccc1C(=O)OCCCC(C)C. The number of hydrogen-bond acceptors (Lipinski definition) is 4. The first-order valence-electron chi connectivity index (χ1n) is 9.59. The maximum Gasteiger partial charge on any atom is 0.344 e. The highest BCUT2D eigenvalue weighted by Crippen LogP contribution is 2.22. The molecule has 0 saturated carbocycles. The highest BCUT2D eigenvalue weighted by atomic mass is 16.5. The molecule has 0 N–H and O–H groups in total. The zero-order chi connectivity index (χ0) is 19.6. The van der Waals surface area contributed by atoms with Gasteiger partial charge in [-0.25, -0.2) is 9.59 Å². The smallest absolute Gasteiger partial charge is 0.344 e. The molecule has 0 bridgehead atoms. The summed E-state index contributed by atoms with van der Waals surface area (Å²) in [6.45, 7) is 6.68. The summed E-state index contributed by atoms with van der Waals surface area (Å²) < 4.78 is 10.9. The third-order valence-electron chi connectivity index (χ3n) is 4.22. The van der Waals surface area contributed by atoms with Gasteiger partial charge in [0.1, 0.15) is 5.75 Å². The summed E-state index contributed by atoms with van der Waals surface area (Å²) in [5.74, 6) is 0.0556. The molecule has 4 nitrogen and oxygen atoms in total. The van der Waals surface area contributed by atoms with Crippen LogP contribution >= 0.6 is 0 Å². The number of carbonyl (C=O) groups is 2. The first kappa shape index (κ1) is 20.7. The summed E-state index contributed by atoms with van der Waals surface area (Å²) in [6.07, 6.45) is 3.57. The molecule has 0 radical (unpaired) electrons. The normalized spacial score (nSPS) is 10.7. The second kappa shape index (κ2) is 10.5. The number of para-hydroxylation sites is 1. The van der Waals surface area contributed by atoms with E-state index >= 15 is 0 Å². The fourth-order valence-corrected chi connectivity index (χ4v) is 2.81. The Morgan fingerprint density at radius 1 is 0.926 bits per heavy atom. The van der Waals surface area contributed by atoms with Crippen LogP contribution in [0.4, 0.5) is 0 Å². The number of rotatable bonds is 9. The lowest BCUT2D eigenvalue weighted by Crippen LogP contribution is -2.17. The Bertz CT molecular complexity index is 764. The minimum absolute atomic E-state index is 0.220. The van der Waals surface area contributed by atoms with Gasteiger partial charge < -0.3 is 9.47 Å². The first-order chi connectivity index (χ1) is 13.0. The van der Waals surface area contributed by atoms with E-state index in [0.29, 0.717) is 18.3 Å². The predicted octanol–water partition coefficient (Wildman–Crippen LogP) is 5.45. The Morgan fingerprint density at radius 3 is 2.22 bits per heavy atom. The van der Waals surface area contributed by atoms with Crippen molar-refractivity contribution >= 4 is 11.9 Å². The molecule has 4 heteroatoms. The molecule has 144 valence electrons. The fourth-order valence-electron chi connectivity index (χ4n) is 2.81. The minimum Gasteiger partial charge on any atom is -0.462 e. The van der Waals surface area contributed by atoms with Crippen LogP contribution in [0.2, 0.25) is 0 Å². The summed E-state index contributed by atoms with van der Waals surface area (Å²) in [7, 11) is 0. The van der Waals surface area contributed by atoms with Crippen LogP contribution in [0.5, 0.6) is 5.75 Å². The summed E-state index contributed by atoms with van der Waals surface area (Å²) in [5.41, 5.74) is 1.43. The zero-order valence-electron chi connectivity index (χ0n) is 16.4. The van der Waals surface area contributed by atoms with Gasteiger partial charge in [0, 0.05) is 0 Å². The number of aryl methyl sites for hydroxylation is 1. The molecular formula is C23H28O4. The molecule has 2 aromatic rings. The molecule has 0 aliphatic heterocycles. The molecule has 0 heterocycles. The van der Waals surface area contributed by atoms with E-state index < -0.39 is 11.9 Å². The second-order valence-corrected chi connectivity index (χ2v) is 6.96. The van der Waals surface area contributed by atoms with Gasteiger partial charge in [-0.05, 0) is 48.9 Å². The van der Waals surface area contributed by atoms with Gasteiger partial charge >= 0.3 is 11.9 Å². The van der Waals surface area contributed by atoms with Crippen molar-refractivity contribution in [3.63, 3.8) is 0 Å². The number of carbonyl (C=O) groups excluding carboxylic acids is 2. The van der Waals surface area contributed by atoms with Crippen molar-refractivity contribution in [2.24, 2.45) is 5.92 Å². The highest BCUT2D eigenvalue weighted by Gasteiger charge is 2.20. The van der Waals surface area contributed by atoms with Gasteiger partial charge in [0.05, 0.1) is 17.7 Å². The fraction of sp³-hybridized carbons (Fsp3) is 0.391. The van der Waals surface area contributed by atoms with Crippen molar-refractivity contribution in [3.8, 4) is 5.75 Å². The summed E-state index contributed by atoms with van der Waals surface area (Å²) in [6, 6.07) is 14.1. The topological polar surface area (TPSA) is 52.6 Å². The van der Waals surface area contributed by atoms with E-state index in [-0.39, 0.29) is 11.1 Å². The third kappa shape index (κ3) is 6.24. The highest BCUT2D eigenvalue weighted by molar-refractivity contribution is 6.03. The predicted molar refractivity (Wildman–Crippen MR) is 106 cm³/mol. The molecule has 0 aliphatic rings. The zero-order valence-corrected chi connectivity index (χ0v) is 16.4. The Hall–Kier alpha value is -2.62. The number of hydrogen-bond donors (Lipinski definition) is 0. The van der Waals surface area contributed by atoms with Crippen molar-refractivity contribution in [2.45, 2.75) is 46.5 Å². The quantitative estimate of drug-likeness (QED) is 0.335. The van der Waals surface area contributed by atoms with Gasteiger partial charge in [0.2, 0.25) is 0 Å². The van der Waals surface area contributed by atoms with E-state index in [4.69, 9.17) is 9.47 Å². The Kier molecular flexibility index (Phi) is 8.05. The van der Waals surface area contributed by atoms with Gasteiger partial charge in [-0.3, -0.25) is 0 Å². The molecule has 0 aliphatic carbocycles. The van der Waals surface area contributed by atoms with Crippen molar-refractivity contribution in [3.05, 3.63) is 65.2 Å². The van der Waals surface area contributed by atoms with Crippen molar-refractivity contribution in [2.75, 3.05) is 6.61 Å². The van der Waals surface area contributed by atoms with Crippen LogP contribution in [-0.4, -0.2) is 18.5 Å². The van der Waals surface area contributed by atoms with Crippen LogP contribution in [0.15, 0.2) is 48.5 Å². The first-order valence-corrected chi connectivity index (χ1v) is 9.59. The number of benzene rings is 2. The van der Waals surface area contributed by atoms with E-state index in [1.165, 1.54) is 0 Å². The number of esters is 2. The maximum absolute atomic E-state index is 12.7. The summed E-state index contributed by atoms with van der Waals surface area (Å²) >= 11 is 0. The Morgan fingerprint density at radius 2 is 1.56 bits per heavy atom. The van der Waals surface area contributed by atoms with Gasteiger partial charge in [-0.2, -0.15) is 0 Å². The van der Waals surface area contributed by atoms with E-state index in [2.05, 4.69) is 20.8 Å². The average Bonchev–Trinajstić information content (AvgIpc) is 2.66. The van der Waals surface area contributed by atoms with E-state index in [0.717, 1.165) is 31.2 Å². The van der Waals surface area contributed by atoms with E-state index in [1.54, 1.807) is 30.3 Å². The Balaban J connectivity index is 2.10. The van der Waals surface area contributed by atoms with E-state index in [9.17, 15) is 9.59 Å².